The molecule has 0 aromatic carbocycles. The first kappa shape index (κ1) is 10.2. The fourth-order valence-electron chi connectivity index (χ4n) is 1.76. The van der Waals surface area contributed by atoms with Crippen molar-refractivity contribution in [1.82, 2.24) is 0 Å². The first-order valence-electron chi connectivity index (χ1n) is 4.89. The van der Waals surface area contributed by atoms with E-state index in [1.54, 1.807) is 0 Å². The average Bonchev–Trinajstić information content (AvgIpc) is 2.24. The number of Topliss-reactive ketones (excluding diaryl/α,β-unsaturated/α-hetero) is 2. The molecular formula is C11H16O2. The van der Waals surface area contributed by atoms with Crippen LogP contribution in [0.3, 0.4) is 0 Å². The maximum atomic E-state index is 11.5. The molecule has 2 heteroatoms. The second-order valence-electron chi connectivity index (χ2n) is 3.64. The minimum atomic E-state index is 0.115. The van der Waals surface area contributed by atoms with Gasteiger partial charge in [-0.15, -0.1) is 6.58 Å². The first-order valence-corrected chi connectivity index (χ1v) is 4.89. The van der Waals surface area contributed by atoms with Gasteiger partial charge in [-0.25, -0.2) is 0 Å². The smallest absolute Gasteiger partial charge is 0.143 e. The predicted octanol–water partition coefficient (Wildman–Crippen LogP) is 2.28. The van der Waals surface area contributed by atoms with Crippen LogP contribution in [-0.4, -0.2) is 11.6 Å². The van der Waals surface area contributed by atoms with Crippen LogP contribution in [-0.2, 0) is 9.59 Å². The van der Waals surface area contributed by atoms with Gasteiger partial charge in [0.05, 0.1) is 6.42 Å². The molecule has 0 amide bonds. The van der Waals surface area contributed by atoms with Gasteiger partial charge in [0.2, 0.25) is 0 Å². The van der Waals surface area contributed by atoms with Gasteiger partial charge < -0.3 is 0 Å². The second kappa shape index (κ2) is 4.95. The van der Waals surface area contributed by atoms with E-state index in [-0.39, 0.29) is 23.9 Å². The highest BCUT2D eigenvalue weighted by atomic mass is 16.1. The summed E-state index contributed by atoms with van der Waals surface area (Å²) in [4.78, 5) is 22.5. The minimum absolute atomic E-state index is 0.115. The lowest BCUT2D eigenvalue weighted by molar-refractivity contribution is -0.128. The fourth-order valence-corrected chi connectivity index (χ4v) is 1.76. The molecule has 13 heavy (non-hydrogen) atoms. The lowest BCUT2D eigenvalue weighted by Gasteiger charge is -2.09. The van der Waals surface area contributed by atoms with Crippen molar-refractivity contribution in [3.8, 4) is 0 Å². The van der Waals surface area contributed by atoms with Gasteiger partial charge in [0.1, 0.15) is 11.6 Å². The second-order valence-corrected chi connectivity index (χ2v) is 3.64. The third kappa shape index (κ3) is 3.13. The van der Waals surface area contributed by atoms with E-state index in [1.807, 2.05) is 6.08 Å². The van der Waals surface area contributed by atoms with Crippen molar-refractivity contribution in [3.63, 3.8) is 0 Å². The molecule has 2 nitrogen and oxygen atoms in total. The van der Waals surface area contributed by atoms with E-state index in [9.17, 15) is 9.59 Å². The number of carbonyl (C=O) groups is 2. The SMILES string of the molecule is C=CCCC1CCCC(=O)CC1=O. The number of hydrogen-bond donors (Lipinski definition) is 0. The van der Waals surface area contributed by atoms with Crippen LogP contribution in [0.4, 0.5) is 0 Å². The van der Waals surface area contributed by atoms with Gasteiger partial charge >= 0.3 is 0 Å². The van der Waals surface area contributed by atoms with Crippen LogP contribution in [0.5, 0.6) is 0 Å². The van der Waals surface area contributed by atoms with Crippen LogP contribution in [0, 0.1) is 5.92 Å². The number of ketones is 2. The van der Waals surface area contributed by atoms with Crippen molar-refractivity contribution in [2.24, 2.45) is 5.92 Å². The summed E-state index contributed by atoms with van der Waals surface area (Å²) < 4.78 is 0. The van der Waals surface area contributed by atoms with E-state index in [2.05, 4.69) is 6.58 Å². The largest absolute Gasteiger partial charge is 0.299 e. The Labute approximate surface area is 79.0 Å². The number of allylic oxidation sites excluding steroid dienone is 1. The molecule has 0 heterocycles. The predicted molar refractivity (Wildman–Crippen MR) is 51.4 cm³/mol. The van der Waals surface area contributed by atoms with E-state index < -0.39 is 0 Å². The van der Waals surface area contributed by atoms with Crippen molar-refractivity contribution in [2.75, 3.05) is 0 Å². The molecule has 0 radical (unpaired) electrons. The molecule has 1 aliphatic carbocycles. The Kier molecular flexibility index (Phi) is 3.87. The van der Waals surface area contributed by atoms with Gasteiger partial charge in [-0.1, -0.05) is 6.08 Å². The van der Waals surface area contributed by atoms with Crippen LogP contribution in [0.2, 0.25) is 0 Å². The number of hydrogen-bond acceptors (Lipinski definition) is 2. The van der Waals surface area contributed by atoms with Crippen molar-refractivity contribution in [2.45, 2.75) is 38.5 Å². The van der Waals surface area contributed by atoms with E-state index in [0.29, 0.717) is 6.42 Å². The van der Waals surface area contributed by atoms with Crippen LogP contribution >= 0.6 is 0 Å². The molecule has 1 aliphatic rings. The lowest BCUT2D eigenvalue weighted by Crippen LogP contribution is -2.14. The third-order valence-corrected chi connectivity index (χ3v) is 2.55. The molecule has 0 spiro atoms. The summed E-state index contributed by atoms with van der Waals surface area (Å²) >= 11 is 0. The fraction of sp³-hybridized carbons (Fsp3) is 0.636. The van der Waals surface area contributed by atoms with Crippen LogP contribution in [0.1, 0.15) is 38.5 Å². The molecule has 0 N–H and O–H groups in total. The highest BCUT2D eigenvalue weighted by Crippen LogP contribution is 2.22. The molecular weight excluding hydrogens is 164 g/mol. The molecule has 0 aromatic rings. The van der Waals surface area contributed by atoms with E-state index in [0.717, 1.165) is 25.7 Å². The molecule has 1 fully saturated rings. The van der Waals surface area contributed by atoms with E-state index in [4.69, 9.17) is 0 Å². The zero-order valence-electron chi connectivity index (χ0n) is 7.92. The standard InChI is InChI=1S/C11H16O2/c1-2-3-5-9-6-4-7-10(12)8-11(9)13/h2,9H,1,3-8H2. The summed E-state index contributed by atoms with van der Waals surface area (Å²) in [7, 11) is 0. The first-order chi connectivity index (χ1) is 6.24. The summed E-state index contributed by atoms with van der Waals surface area (Å²) in [5, 5.41) is 0. The van der Waals surface area contributed by atoms with Gasteiger partial charge in [0.15, 0.2) is 0 Å². The maximum absolute atomic E-state index is 11.5. The highest BCUT2D eigenvalue weighted by molar-refractivity contribution is 6.00. The normalized spacial score (nSPS) is 24.2. The van der Waals surface area contributed by atoms with E-state index in [1.165, 1.54) is 0 Å². The third-order valence-electron chi connectivity index (χ3n) is 2.55. The molecule has 0 saturated heterocycles. The van der Waals surface area contributed by atoms with Crippen LogP contribution < -0.4 is 0 Å². The molecule has 0 aromatic heterocycles. The Morgan fingerprint density at radius 1 is 1.46 bits per heavy atom. The summed E-state index contributed by atoms with van der Waals surface area (Å²) in [6, 6.07) is 0. The highest BCUT2D eigenvalue weighted by Gasteiger charge is 2.23. The maximum Gasteiger partial charge on any atom is 0.143 e. The van der Waals surface area contributed by atoms with Crippen molar-refractivity contribution in [3.05, 3.63) is 12.7 Å². The molecule has 0 bridgehead atoms. The number of carbonyl (C=O) groups excluding carboxylic acids is 2. The van der Waals surface area contributed by atoms with Crippen LogP contribution in [0.25, 0.3) is 0 Å². The Morgan fingerprint density at radius 3 is 2.92 bits per heavy atom. The quantitative estimate of drug-likeness (QED) is 0.379. The number of rotatable bonds is 3. The lowest BCUT2D eigenvalue weighted by atomic mass is 9.94. The Bertz CT molecular complexity index is 218. The summed E-state index contributed by atoms with van der Waals surface area (Å²) in [6.45, 7) is 3.63. The van der Waals surface area contributed by atoms with E-state index >= 15 is 0 Å². The van der Waals surface area contributed by atoms with Crippen molar-refractivity contribution < 1.29 is 9.59 Å². The molecule has 1 rings (SSSR count). The monoisotopic (exact) mass is 180 g/mol. The molecule has 1 unspecified atom stereocenters. The topological polar surface area (TPSA) is 34.1 Å². The van der Waals surface area contributed by atoms with Gasteiger partial charge in [-0.3, -0.25) is 9.59 Å². The molecule has 1 atom stereocenters. The van der Waals surface area contributed by atoms with Crippen molar-refractivity contribution in [1.29, 1.82) is 0 Å². The van der Waals surface area contributed by atoms with Gasteiger partial charge in [-0.2, -0.15) is 0 Å². The van der Waals surface area contributed by atoms with Gasteiger partial charge in [-0.05, 0) is 25.7 Å². The van der Waals surface area contributed by atoms with Gasteiger partial charge in [0.25, 0.3) is 0 Å². The minimum Gasteiger partial charge on any atom is -0.299 e. The molecule has 72 valence electrons. The zero-order valence-corrected chi connectivity index (χ0v) is 7.92. The van der Waals surface area contributed by atoms with Crippen molar-refractivity contribution >= 4 is 11.6 Å². The summed E-state index contributed by atoms with van der Waals surface area (Å²) in [5.41, 5.74) is 0. The molecule has 1 saturated carbocycles. The Morgan fingerprint density at radius 2 is 2.23 bits per heavy atom. The zero-order chi connectivity index (χ0) is 9.68. The summed E-state index contributed by atoms with van der Waals surface area (Å²) in [6.07, 6.45) is 6.11. The van der Waals surface area contributed by atoms with Gasteiger partial charge in [0, 0.05) is 12.3 Å². The molecule has 0 aliphatic heterocycles. The van der Waals surface area contributed by atoms with Crippen LogP contribution in [0.15, 0.2) is 12.7 Å². The average molecular weight is 180 g/mol. The Balaban J connectivity index is 2.48. The summed E-state index contributed by atoms with van der Waals surface area (Å²) in [5.74, 6) is 0.375. The Hall–Kier alpha value is -0.920.